The molecule has 0 spiro atoms. The quantitative estimate of drug-likeness (QED) is 0.535. The second-order valence-corrected chi connectivity index (χ2v) is 3.00. The van der Waals surface area contributed by atoms with E-state index in [-0.39, 0.29) is 18.3 Å². The molecule has 0 unspecified atom stereocenters. The standard InChI is InChI=1S/C7H10N6O2/c1-12-7(15)13-5(2-8)9-4(3-14)6(13)10-11-12/h3,10-11H,2,8H2,1H3. The zero-order chi connectivity index (χ0) is 11.0. The van der Waals surface area contributed by atoms with E-state index in [1.807, 2.05) is 0 Å². The van der Waals surface area contributed by atoms with Crippen molar-refractivity contribution in [2.45, 2.75) is 6.54 Å². The summed E-state index contributed by atoms with van der Waals surface area (Å²) < 4.78 is 1.26. The molecule has 1 aliphatic heterocycles. The van der Waals surface area contributed by atoms with Crippen molar-refractivity contribution in [1.29, 1.82) is 0 Å². The van der Waals surface area contributed by atoms with Crippen LogP contribution >= 0.6 is 0 Å². The van der Waals surface area contributed by atoms with Crippen LogP contribution in [0.3, 0.4) is 0 Å². The van der Waals surface area contributed by atoms with Crippen molar-refractivity contribution in [2.24, 2.45) is 5.73 Å². The molecule has 0 saturated carbocycles. The normalized spacial score (nSPS) is 14.8. The summed E-state index contributed by atoms with van der Waals surface area (Å²) in [6.45, 7) is 0.0854. The minimum atomic E-state index is -0.343. The molecule has 4 N–H and O–H groups in total. The lowest BCUT2D eigenvalue weighted by Gasteiger charge is -2.26. The second-order valence-electron chi connectivity index (χ2n) is 3.00. The molecule has 1 aromatic heterocycles. The number of fused-ring (bicyclic) bond motifs is 1. The minimum Gasteiger partial charge on any atom is -0.324 e. The van der Waals surface area contributed by atoms with Crippen LogP contribution < -0.4 is 16.7 Å². The van der Waals surface area contributed by atoms with Crippen LogP contribution in [-0.4, -0.2) is 33.9 Å². The maximum absolute atomic E-state index is 11.7. The predicted octanol–water partition coefficient (Wildman–Crippen LogP) is -1.10. The van der Waals surface area contributed by atoms with E-state index in [1.54, 1.807) is 7.05 Å². The van der Waals surface area contributed by atoms with Gasteiger partial charge in [-0.3, -0.25) is 10.2 Å². The third-order valence-corrected chi connectivity index (χ3v) is 2.09. The van der Waals surface area contributed by atoms with E-state index in [9.17, 15) is 9.59 Å². The third kappa shape index (κ3) is 1.27. The van der Waals surface area contributed by atoms with Gasteiger partial charge in [0.2, 0.25) is 0 Å². The van der Waals surface area contributed by atoms with Crippen molar-refractivity contribution in [3.63, 3.8) is 0 Å². The second kappa shape index (κ2) is 3.33. The Kier molecular flexibility index (Phi) is 2.14. The fourth-order valence-electron chi connectivity index (χ4n) is 1.37. The molecule has 1 aromatic rings. The van der Waals surface area contributed by atoms with Crippen molar-refractivity contribution in [3.05, 3.63) is 11.5 Å². The van der Waals surface area contributed by atoms with Gasteiger partial charge < -0.3 is 5.73 Å². The number of nitrogens with zero attached hydrogens (tertiary/aromatic N) is 3. The molecule has 8 nitrogen and oxygen atoms in total. The molecule has 0 bridgehead atoms. The Hall–Kier alpha value is -1.93. The summed E-state index contributed by atoms with van der Waals surface area (Å²) in [6, 6.07) is -0.343. The van der Waals surface area contributed by atoms with E-state index in [0.29, 0.717) is 17.9 Å². The first-order valence-corrected chi connectivity index (χ1v) is 4.25. The first kappa shape index (κ1) is 9.62. The van der Waals surface area contributed by atoms with E-state index in [1.165, 1.54) is 9.58 Å². The lowest BCUT2D eigenvalue weighted by molar-refractivity contribution is 0.112. The van der Waals surface area contributed by atoms with Crippen LogP contribution in [-0.2, 0) is 6.54 Å². The minimum absolute atomic E-state index is 0.0854. The highest BCUT2D eigenvalue weighted by Crippen LogP contribution is 2.18. The van der Waals surface area contributed by atoms with Gasteiger partial charge in [-0.15, -0.1) is 5.53 Å². The van der Waals surface area contributed by atoms with Gasteiger partial charge in [-0.2, -0.15) is 0 Å². The fourth-order valence-corrected chi connectivity index (χ4v) is 1.37. The topological polar surface area (TPSA) is 105 Å². The molecular formula is C7H10N6O2. The highest BCUT2D eigenvalue weighted by Gasteiger charge is 2.27. The SMILES string of the molecule is CN1NNc2c(C=O)nc(CN)n2C1=O. The van der Waals surface area contributed by atoms with Gasteiger partial charge in [-0.1, -0.05) is 0 Å². The monoisotopic (exact) mass is 210 g/mol. The number of hydrogen-bond acceptors (Lipinski definition) is 6. The molecule has 0 radical (unpaired) electrons. The Morgan fingerprint density at radius 1 is 1.60 bits per heavy atom. The van der Waals surface area contributed by atoms with Crippen molar-refractivity contribution < 1.29 is 9.59 Å². The molecule has 0 aromatic carbocycles. The van der Waals surface area contributed by atoms with E-state index >= 15 is 0 Å². The number of carbonyl (C=O) groups is 2. The van der Waals surface area contributed by atoms with Crippen molar-refractivity contribution in [3.8, 4) is 0 Å². The van der Waals surface area contributed by atoms with Gasteiger partial charge in [0.15, 0.2) is 12.1 Å². The molecule has 0 fully saturated rings. The van der Waals surface area contributed by atoms with Crippen LogP contribution in [0, 0.1) is 0 Å². The van der Waals surface area contributed by atoms with E-state index in [2.05, 4.69) is 15.9 Å². The van der Waals surface area contributed by atoms with Gasteiger partial charge in [-0.05, 0) is 0 Å². The average Bonchev–Trinajstić information content (AvgIpc) is 2.62. The smallest absolute Gasteiger partial charge is 0.324 e. The molecule has 1 amide bonds. The summed E-state index contributed by atoms with van der Waals surface area (Å²) in [4.78, 5) is 26.3. The third-order valence-electron chi connectivity index (χ3n) is 2.09. The molecule has 1 aliphatic rings. The van der Waals surface area contributed by atoms with Crippen LogP contribution in [0.4, 0.5) is 10.6 Å². The summed E-state index contributed by atoms with van der Waals surface area (Å²) >= 11 is 0. The molecule has 0 aliphatic carbocycles. The van der Waals surface area contributed by atoms with Crippen LogP contribution in [0.15, 0.2) is 0 Å². The van der Waals surface area contributed by atoms with Gasteiger partial charge in [0.05, 0.1) is 6.54 Å². The molecule has 2 heterocycles. The number of anilines is 1. The van der Waals surface area contributed by atoms with Gasteiger partial charge in [-0.25, -0.2) is 19.4 Å². The lowest BCUT2D eigenvalue weighted by atomic mass is 10.5. The fraction of sp³-hybridized carbons (Fsp3) is 0.286. The summed E-state index contributed by atoms with van der Waals surface area (Å²) in [5.74, 6) is 0.659. The van der Waals surface area contributed by atoms with Crippen molar-refractivity contribution >= 4 is 18.1 Å². The van der Waals surface area contributed by atoms with Crippen LogP contribution in [0.1, 0.15) is 16.3 Å². The maximum Gasteiger partial charge on any atom is 0.346 e. The molecule has 0 atom stereocenters. The number of imidazole rings is 1. The number of nitrogens with one attached hydrogen (secondary N) is 2. The zero-order valence-electron chi connectivity index (χ0n) is 8.02. The van der Waals surface area contributed by atoms with Gasteiger partial charge in [0, 0.05) is 7.05 Å². The number of hydrogen-bond donors (Lipinski definition) is 3. The van der Waals surface area contributed by atoms with Crippen molar-refractivity contribution in [1.82, 2.24) is 20.1 Å². The number of carbonyl (C=O) groups excluding carboxylic acids is 2. The highest BCUT2D eigenvalue weighted by molar-refractivity contribution is 5.89. The molecule has 80 valence electrons. The Labute approximate surface area is 85.0 Å². The summed E-state index contributed by atoms with van der Waals surface area (Å²) in [6.07, 6.45) is 0.568. The number of aldehydes is 1. The number of aromatic nitrogens is 2. The average molecular weight is 210 g/mol. The van der Waals surface area contributed by atoms with E-state index < -0.39 is 0 Å². The van der Waals surface area contributed by atoms with Crippen LogP contribution in [0.25, 0.3) is 0 Å². The van der Waals surface area contributed by atoms with Crippen LogP contribution in [0.5, 0.6) is 0 Å². The highest BCUT2D eigenvalue weighted by atomic mass is 16.2. The number of rotatable bonds is 2. The number of amides is 1. The van der Waals surface area contributed by atoms with E-state index in [4.69, 9.17) is 5.73 Å². The predicted molar refractivity (Wildman–Crippen MR) is 50.8 cm³/mol. The molecule has 15 heavy (non-hydrogen) atoms. The first-order chi connectivity index (χ1) is 7.19. The number of hydrazine groups is 2. The maximum atomic E-state index is 11.7. The Balaban J connectivity index is 2.60. The molecule has 8 heteroatoms. The van der Waals surface area contributed by atoms with E-state index in [0.717, 1.165) is 0 Å². The zero-order valence-corrected chi connectivity index (χ0v) is 8.02. The summed E-state index contributed by atoms with van der Waals surface area (Å²) in [7, 11) is 1.54. The number of nitrogens with two attached hydrogens (primary N) is 1. The Morgan fingerprint density at radius 2 is 2.33 bits per heavy atom. The summed E-state index contributed by atoms with van der Waals surface area (Å²) in [5.41, 5.74) is 10.8. The Morgan fingerprint density at radius 3 is 2.93 bits per heavy atom. The summed E-state index contributed by atoms with van der Waals surface area (Å²) in [5, 5.41) is 1.22. The van der Waals surface area contributed by atoms with Crippen LogP contribution in [0.2, 0.25) is 0 Å². The van der Waals surface area contributed by atoms with Gasteiger partial charge >= 0.3 is 6.03 Å². The largest absolute Gasteiger partial charge is 0.346 e. The molecule has 0 saturated heterocycles. The molecule has 2 rings (SSSR count). The van der Waals surface area contributed by atoms with Gasteiger partial charge in [0.1, 0.15) is 11.5 Å². The lowest BCUT2D eigenvalue weighted by Crippen LogP contribution is -2.50. The first-order valence-electron chi connectivity index (χ1n) is 4.25. The molecular weight excluding hydrogens is 200 g/mol. The van der Waals surface area contributed by atoms with Crippen molar-refractivity contribution in [2.75, 3.05) is 12.5 Å². The Bertz CT molecular complexity index is 425. The van der Waals surface area contributed by atoms with Gasteiger partial charge in [0.25, 0.3) is 0 Å².